The van der Waals surface area contributed by atoms with Crippen molar-refractivity contribution in [2.45, 2.75) is 27.7 Å². The highest BCUT2D eigenvalue weighted by molar-refractivity contribution is 5.70. The van der Waals surface area contributed by atoms with Crippen molar-refractivity contribution in [3.63, 3.8) is 0 Å². The molecule has 13 heavy (non-hydrogen) atoms. The number of hydrogen-bond donors (Lipinski definition) is 0. The first-order valence-corrected chi connectivity index (χ1v) is 4.52. The molecule has 0 saturated heterocycles. The highest BCUT2D eigenvalue weighted by atomic mass is 16.4. The van der Waals surface area contributed by atoms with Gasteiger partial charge in [-0.25, -0.2) is 0 Å². The van der Waals surface area contributed by atoms with E-state index in [4.69, 9.17) is 0 Å². The summed E-state index contributed by atoms with van der Waals surface area (Å²) in [5.74, 6) is -1.01. The van der Waals surface area contributed by atoms with Crippen LogP contribution in [0.2, 0.25) is 0 Å². The lowest BCUT2D eigenvalue weighted by molar-refractivity contribution is -0.868. The van der Waals surface area contributed by atoms with E-state index in [1.165, 1.54) is 6.54 Å². The van der Waals surface area contributed by atoms with Crippen LogP contribution in [0.3, 0.4) is 0 Å². The Morgan fingerprint density at radius 3 is 1.38 bits per heavy atom. The summed E-state index contributed by atoms with van der Waals surface area (Å²) in [6.45, 7) is 8.19. The van der Waals surface area contributed by atoms with Crippen LogP contribution in [0.25, 0.3) is 0 Å². The van der Waals surface area contributed by atoms with Gasteiger partial charge in [-0.3, -0.25) is 0 Å². The number of nitrogens with zero attached hydrogens (tertiary/aromatic N) is 1. The van der Waals surface area contributed by atoms with Crippen LogP contribution in [0.1, 0.15) is 27.7 Å². The van der Waals surface area contributed by atoms with E-state index in [0.29, 0.717) is 0 Å². The van der Waals surface area contributed by atoms with Crippen molar-refractivity contribution in [1.29, 1.82) is 0 Å². The van der Waals surface area contributed by atoms with Crippen molar-refractivity contribution in [2.75, 3.05) is 27.7 Å². The monoisotopic (exact) mass is 189 g/mol. The molecule has 0 aliphatic carbocycles. The Kier molecular flexibility index (Phi) is 6.00. The maximum atomic E-state index is 9.91. The Labute approximate surface area is 82.0 Å². The molecular weight excluding hydrogens is 166 g/mol. The number of rotatable bonds is 1. The van der Waals surface area contributed by atoms with E-state index in [2.05, 4.69) is 28.1 Å². The molecule has 0 saturated carbocycles. The molecule has 3 nitrogen and oxygen atoms in total. The third kappa shape index (κ3) is 14.3. The van der Waals surface area contributed by atoms with Crippen LogP contribution >= 0.6 is 0 Å². The van der Waals surface area contributed by atoms with Gasteiger partial charge in [0.05, 0.1) is 27.7 Å². The molecule has 0 radical (unpaired) electrons. The van der Waals surface area contributed by atoms with E-state index < -0.39 is 11.4 Å². The fourth-order valence-electron chi connectivity index (χ4n) is 0. The van der Waals surface area contributed by atoms with Gasteiger partial charge < -0.3 is 14.4 Å². The van der Waals surface area contributed by atoms with E-state index in [-0.39, 0.29) is 0 Å². The lowest BCUT2D eigenvalue weighted by Crippen LogP contribution is -2.35. The molecule has 0 rings (SSSR count). The van der Waals surface area contributed by atoms with Gasteiger partial charge in [0.1, 0.15) is 0 Å². The molecule has 0 spiro atoms. The van der Waals surface area contributed by atoms with Gasteiger partial charge in [0.2, 0.25) is 0 Å². The second-order valence-corrected chi connectivity index (χ2v) is 5.14. The average molecular weight is 189 g/mol. The smallest absolute Gasteiger partial charge is 0.0751 e. The molecule has 0 fully saturated rings. The molecule has 0 N–H and O–H groups in total. The minimum atomic E-state index is -1.01. The molecule has 0 aliphatic heterocycles. The van der Waals surface area contributed by atoms with Crippen LogP contribution in [0, 0.1) is 5.41 Å². The number of carboxylic acid groups (broad SMARTS) is 1. The Bertz CT molecular complexity index is 151. The van der Waals surface area contributed by atoms with Crippen molar-refractivity contribution >= 4 is 5.97 Å². The number of carbonyl (C=O) groups is 1. The zero-order chi connectivity index (χ0) is 11.3. The molecule has 0 unspecified atom stereocenters. The zero-order valence-electron chi connectivity index (χ0n) is 9.97. The Morgan fingerprint density at radius 1 is 1.23 bits per heavy atom. The molecular formula is C10H23NO2. The van der Waals surface area contributed by atoms with Crippen molar-refractivity contribution in [3.8, 4) is 0 Å². The molecule has 0 atom stereocenters. The van der Waals surface area contributed by atoms with Crippen LogP contribution in [-0.4, -0.2) is 38.1 Å². The number of hydrogen-bond acceptors (Lipinski definition) is 2. The average Bonchev–Trinajstić information content (AvgIpc) is 1.85. The Morgan fingerprint density at radius 2 is 1.38 bits per heavy atom. The van der Waals surface area contributed by atoms with Gasteiger partial charge in [-0.15, -0.1) is 0 Å². The van der Waals surface area contributed by atoms with Crippen LogP contribution in [0.5, 0.6) is 0 Å². The first-order chi connectivity index (χ1) is 5.50. The van der Waals surface area contributed by atoms with Crippen LogP contribution in [0.4, 0.5) is 0 Å². The Balaban J connectivity index is 0. The summed E-state index contributed by atoms with van der Waals surface area (Å²) in [6.07, 6.45) is 0. The largest absolute Gasteiger partial charge is 0.550 e. The van der Waals surface area contributed by atoms with Crippen molar-refractivity contribution in [1.82, 2.24) is 0 Å². The van der Waals surface area contributed by atoms with Gasteiger partial charge in [-0.1, -0.05) is 20.8 Å². The van der Waals surface area contributed by atoms with Gasteiger partial charge >= 0.3 is 0 Å². The quantitative estimate of drug-likeness (QED) is 0.563. The summed E-state index contributed by atoms with van der Waals surface area (Å²) >= 11 is 0. The van der Waals surface area contributed by atoms with Crippen molar-refractivity contribution in [2.24, 2.45) is 5.41 Å². The lowest BCUT2D eigenvalue weighted by Gasteiger charge is -2.20. The molecule has 0 amide bonds. The number of carbonyl (C=O) groups excluding carboxylic acids is 1. The minimum absolute atomic E-state index is 0.694. The highest BCUT2D eigenvalue weighted by Crippen LogP contribution is 2.09. The first-order valence-electron chi connectivity index (χ1n) is 4.52. The second-order valence-electron chi connectivity index (χ2n) is 5.14. The standard InChI is InChI=1S/C5H14N.C5H10O2/c1-5-6(2,3)4;1-5(2,3)4(6)7/h5H2,1-4H3;1-3H3,(H,6,7)/q+1;/p-1. The fourth-order valence-corrected chi connectivity index (χ4v) is 0. The second kappa shape index (κ2) is 5.22. The van der Waals surface area contributed by atoms with Gasteiger partial charge in [-0.2, -0.15) is 0 Å². The Hall–Kier alpha value is -0.570. The van der Waals surface area contributed by atoms with E-state index >= 15 is 0 Å². The third-order valence-corrected chi connectivity index (χ3v) is 1.56. The molecule has 0 heterocycles. The third-order valence-electron chi connectivity index (χ3n) is 1.56. The predicted molar refractivity (Wildman–Crippen MR) is 53.0 cm³/mol. The first kappa shape index (κ1) is 14.9. The molecule has 0 aliphatic rings. The zero-order valence-corrected chi connectivity index (χ0v) is 9.97. The van der Waals surface area contributed by atoms with Gasteiger partial charge in [0, 0.05) is 11.4 Å². The summed E-state index contributed by atoms with van der Waals surface area (Å²) in [5, 5.41) is 9.91. The lowest BCUT2D eigenvalue weighted by atomic mass is 9.98. The SMILES string of the molecule is CC(C)(C)C(=O)[O-].CC[N+](C)(C)C. The molecule has 3 heteroatoms. The number of quaternary nitrogens is 1. The summed E-state index contributed by atoms with van der Waals surface area (Å²) in [4.78, 5) is 9.91. The van der Waals surface area contributed by atoms with E-state index in [0.717, 1.165) is 4.48 Å². The topological polar surface area (TPSA) is 40.1 Å². The van der Waals surface area contributed by atoms with Gasteiger partial charge in [0.15, 0.2) is 0 Å². The fraction of sp³-hybridized carbons (Fsp3) is 0.900. The number of carboxylic acids is 1. The van der Waals surface area contributed by atoms with Crippen molar-refractivity contribution in [3.05, 3.63) is 0 Å². The molecule has 0 aromatic heterocycles. The van der Waals surface area contributed by atoms with Crippen LogP contribution < -0.4 is 5.11 Å². The summed E-state index contributed by atoms with van der Waals surface area (Å²) < 4.78 is 1.07. The van der Waals surface area contributed by atoms with Gasteiger partial charge in [-0.05, 0) is 6.92 Å². The van der Waals surface area contributed by atoms with E-state index in [1.54, 1.807) is 20.8 Å². The summed E-state index contributed by atoms with van der Waals surface area (Å²) in [6, 6.07) is 0. The maximum absolute atomic E-state index is 9.91. The van der Waals surface area contributed by atoms with Crippen LogP contribution in [0.15, 0.2) is 0 Å². The van der Waals surface area contributed by atoms with Crippen molar-refractivity contribution < 1.29 is 14.4 Å². The maximum Gasteiger partial charge on any atom is 0.0751 e. The summed E-state index contributed by atoms with van der Waals surface area (Å²) in [7, 11) is 6.54. The highest BCUT2D eigenvalue weighted by Gasteiger charge is 2.09. The minimum Gasteiger partial charge on any atom is -0.550 e. The van der Waals surface area contributed by atoms with E-state index in [1.807, 2.05) is 0 Å². The normalized spacial score (nSPS) is 11.6. The van der Waals surface area contributed by atoms with Crippen LogP contribution in [-0.2, 0) is 4.79 Å². The molecule has 80 valence electrons. The predicted octanol–water partition coefficient (Wildman–Crippen LogP) is 0.495. The van der Waals surface area contributed by atoms with E-state index in [9.17, 15) is 9.90 Å². The molecule has 0 bridgehead atoms. The number of aliphatic carboxylic acids is 1. The summed E-state index contributed by atoms with van der Waals surface area (Å²) in [5.41, 5.74) is -0.694. The van der Waals surface area contributed by atoms with Gasteiger partial charge in [0.25, 0.3) is 0 Å². The molecule has 0 aromatic carbocycles. The molecule has 0 aromatic rings.